The highest BCUT2D eigenvalue weighted by atomic mass is 15.1. The third kappa shape index (κ3) is 4.31. The minimum atomic E-state index is 0.724. The average Bonchev–Trinajstić information content (AvgIpc) is 2.42. The lowest BCUT2D eigenvalue weighted by Gasteiger charge is -2.26. The fourth-order valence-electron chi connectivity index (χ4n) is 2.50. The van der Waals surface area contributed by atoms with E-state index in [2.05, 4.69) is 34.5 Å². The van der Waals surface area contributed by atoms with Crippen LogP contribution in [0, 0.1) is 0 Å². The minimum Gasteiger partial charge on any atom is -0.384 e. The Morgan fingerprint density at radius 2 is 1.78 bits per heavy atom. The summed E-state index contributed by atoms with van der Waals surface area (Å²) in [5, 5.41) is 3.49. The largest absolute Gasteiger partial charge is 0.384 e. The first-order valence-corrected chi connectivity index (χ1v) is 7.14. The van der Waals surface area contributed by atoms with E-state index in [0.29, 0.717) is 0 Å². The van der Waals surface area contributed by atoms with Crippen molar-refractivity contribution in [1.82, 2.24) is 4.90 Å². The van der Waals surface area contributed by atoms with E-state index >= 15 is 0 Å². The zero-order valence-electron chi connectivity index (χ0n) is 11.2. The molecule has 1 heterocycles. The number of piperidine rings is 1. The number of rotatable bonds is 6. The third-order valence-electron chi connectivity index (χ3n) is 3.59. The van der Waals surface area contributed by atoms with Crippen LogP contribution < -0.4 is 11.1 Å². The van der Waals surface area contributed by atoms with E-state index in [9.17, 15) is 0 Å². The first-order chi connectivity index (χ1) is 8.88. The van der Waals surface area contributed by atoms with Gasteiger partial charge in [0.25, 0.3) is 0 Å². The molecule has 1 fully saturated rings. The fourth-order valence-corrected chi connectivity index (χ4v) is 2.50. The quantitative estimate of drug-likeness (QED) is 0.809. The standard InChI is InChI=1S/C15H25N3/c16-9-8-14-4-6-15(7-5-14)17-10-13-18-11-2-1-3-12-18/h4-7,17H,1-3,8-13,16H2. The van der Waals surface area contributed by atoms with E-state index in [1.807, 2.05) is 0 Å². The van der Waals surface area contributed by atoms with E-state index in [-0.39, 0.29) is 0 Å². The monoisotopic (exact) mass is 247 g/mol. The molecule has 0 aromatic heterocycles. The van der Waals surface area contributed by atoms with Gasteiger partial charge in [-0.1, -0.05) is 18.6 Å². The van der Waals surface area contributed by atoms with E-state index in [4.69, 9.17) is 5.73 Å². The Balaban J connectivity index is 1.69. The van der Waals surface area contributed by atoms with Crippen LogP contribution in [0.1, 0.15) is 24.8 Å². The van der Waals surface area contributed by atoms with Gasteiger partial charge in [0, 0.05) is 18.8 Å². The van der Waals surface area contributed by atoms with Gasteiger partial charge in [0.1, 0.15) is 0 Å². The van der Waals surface area contributed by atoms with Crippen molar-refractivity contribution in [3.05, 3.63) is 29.8 Å². The molecule has 3 nitrogen and oxygen atoms in total. The molecule has 0 atom stereocenters. The normalized spacial score (nSPS) is 16.7. The first-order valence-electron chi connectivity index (χ1n) is 7.14. The fraction of sp³-hybridized carbons (Fsp3) is 0.600. The number of benzene rings is 1. The van der Waals surface area contributed by atoms with Crippen molar-refractivity contribution in [2.24, 2.45) is 5.73 Å². The number of anilines is 1. The van der Waals surface area contributed by atoms with Crippen molar-refractivity contribution in [2.45, 2.75) is 25.7 Å². The molecule has 0 amide bonds. The van der Waals surface area contributed by atoms with Crippen LogP contribution in [0.5, 0.6) is 0 Å². The zero-order chi connectivity index (χ0) is 12.6. The van der Waals surface area contributed by atoms with Gasteiger partial charge < -0.3 is 16.0 Å². The summed E-state index contributed by atoms with van der Waals surface area (Å²) in [6, 6.07) is 8.63. The molecule has 0 radical (unpaired) electrons. The molecule has 1 aliphatic heterocycles. The molecule has 0 bridgehead atoms. The Kier molecular flexibility index (Phi) is 5.49. The van der Waals surface area contributed by atoms with Crippen LogP contribution in [0.3, 0.4) is 0 Å². The van der Waals surface area contributed by atoms with Crippen LogP contribution in [0.2, 0.25) is 0 Å². The molecule has 0 unspecified atom stereocenters. The first kappa shape index (κ1) is 13.4. The molecule has 3 heteroatoms. The SMILES string of the molecule is NCCc1ccc(NCCN2CCCCC2)cc1. The van der Waals surface area contributed by atoms with Gasteiger partial charge in [-0.05, 0) is 56.6 Å². The molecule has 100 valence electrons. The Hall–Kier alpha value is -1.06. The van der Waals surface area contributed by atoms with Crippen molar-refractivity contribution in [1.29, 1.82) is 0 Å². The number of likely N-dealkylation sites (tertiary alicyclic amines) is 1. The second-order valence-electron chi connectivity index (χ2n) is 5.06. The molecular formula is C15H25N3. The van der Waals surface area contributed by atoms with Crippen LogP contribution in [0.4, 0.5) is 5.69 Å². The molecule has 1 saturated heterocycles. The second kappa shape index (κ2) is 7.39. The number of hydrogen-bond acceptors (Lipinski definition) is 3. The smallest absolute Gasteiger partial charge is 0.0340 e. The van der Waals surface area contributed by atoms with Crippen LogP contribution in [-0.4, -0.2) is 37.6 Å². The second-order valence-corrected chi connectivity index (χ2v) is 5.06. The number of hydrogen-bond donors (Lipinski definition) is 2. The van der Waals surface area contributed by atoms with Gasteiger partial charge in [0.2, 0.25) is 0 Å². The number of nitrogens with zero attached hydrogens (tertiary/aromatic N) is 1. The topological polar surface area (TPSA) is 41.3 Å². The molecule has 0 spiro atoms. The Bertz CT molecular complexity index is 328. The maximum atomic E-state index is 5.54. The molecule has 2 rings (SSSR count). The zero-order valence-corrected chi connectivity index (χ0v) is 11.2. The Morgan fingerprint density at radius 3 is 2.44 bits per heavy atom. The van der Waals surface area contributed by atoms with Gasteiger partial charge >= 0.3 is 0 Å². The number of nitrogens with two attached hydrogens (primary N) is 1. The van der Waals surface area contributed by atoms with Gasteiger partial charge in [0.15, 0.2) is 0 Å². The van der Waals surface area contributed by atoms with Gasteiger partial charge in [-0.3, -0.25) is 0 Å². The highest BCUT2D eigenvalue weighted by Gasteiger charge is 2.08. The molecule has 18 heavy (non-hydrogen) atoms. The highest BCUT2D eigenvalue weighted by molar-refractivity contribution is 5.44. The lowest BCUT2D eigenvalue weighted by molar-refractivity contribution is 0.237. The Morgan fingerprint density at radius 1 is 1.06 bits per heavy atom. The molecule has 0 aliphatic carbocycles. The van der Waals surface area contributed by atoms with Crippen molar-refractivity contribution < 1.29 is 0 Å². The maximum Gasteiger partial charge on any atom is 0.0340 e. The lowest BCUT2D eigenvalue weighted by atomic mass is 10.1. The summed E-state index contributed by atoms with van der Waals surface area (Å²) in [5.74, 6) is 0. The summed E-state index contributed by atoms with van der Waals surface area (Å²) in [5.41, 5.74) is 8.07. The van der Waals surface area contributed by atoms with Gasteiger partial charge in [0.05, 0.1) is 0 Å². The van der Waals surface area contributed by atoms with Crippen LogP contribution >= 0.6 is 0 Å². The predicted octanol–water partition coefficient (Wildman–Crippen LogP) is 2.09. The summed E-state index contributed by atoms with van der Waals surface area (Å²) >= 11 is 0. The van der Waals surface area contributed by atoms with Crippen molar-refractivity contribution in [3.63, 3.8) is 0 Å². The highest BCUT2D eigenvalue weighted by Crippen LogP contribution is 2.11. The van der Waals surface area contributed by atoms with E-state index in [1.54, 1.807) is 0 Å². The maximum absolute atomic E-state index is 5.54. The molecule has 1 aromatic carbocycles. The molecular weight excluding hydrogens is 222 g/mol. The summed E-state index contributed by atoms with van der Waals surface area (Å²) in [6.45, 7) is 5.47. The van der Waals surface area contributed by atoms with Crippen molar-refractivity contribution in [2.75, 3.05) is 38.0 Å². The van der Waals surface area contributed by atoms with Gasteiger partial charge in [-0.15, -0.1) is 0 Å². The predicted molar refractivity (Wildman–Crippen MR) is 78.0 cm³/mol. The molecule has 3 N–H and O–H groups in total. The van der Waals surface area contributed by atoms with Crippen molar-refractivity contribution >= 4 is 5.69 Å². The van der Waals surface area contributed by atoms with Crippen LogP contribution in [0.15, 0.2) is 24.3 Å². The average molecular weight is 247 g/mol. The van der Waals surface area contributed by atoms with E-state index in [0.717, 1.165) is 26.1 Å². The van der Waals surface area contributed by atoms with E-state index in [1.165, 1.54) is 43.6 Å². The number of nitrogens with one attached hydrogen (secondary N) is 1. The summed E-state index contributed by atoms with van der Waals surface area (Å²) < 4.78 is 0. The Labute approximate surface area is 110 Å². The molecule has 1 aliphatic rings. The summed E-state index contributed by atoms with van der Waals surface area (Å²) in [6.07, 6.45) is 5.11. The molecule has 1 aromatic rings. The minimum absolute atomic E-state index is 0.724. The van der Waals surface area contributed by atoms with Crippen LogP contribution in [0.25, 0.3) is 0 Å². The van der Waals surface area contributed by atoms with Gasteiger partial charge in [-0.2, -0.15) is 0 Å². The van der Waals surface area contributed by atoms with Crippen molar-refractivity contribution in [3.8, 4) is 0 Å². The molecule has 0 saturated carbocycles. The van der Waals surface area contributed by atoms with Crippen LogP contribution in [-0.2, 0) is 6.42 Å². The lowest BCUT2D eigenvalue weighted by Crippen LogP contribution is -2.33. The summed E-state index contributed by atoms with van der Waals surface area (Å²) in [7, 11) is 0. The van der Waals surface area contributed by atoms with Gasteiger partial charge in [-0.25, -0.2) is 0 Å². The van der Waals surface area contributed by atoms with E-state index < -0.39 is 0 Å². The third-order valence-corrected chi connectivity index (χ3v) is 3.59. The summed E-state index contributed by atoms with van der Waals surface area (Å²) in [4.78, 5) is 2.55.